The van der Waals surface area contributed by atoms with Crippen molar-refractivity contribution in [2.24, 2.45) is 0 Å². The summed E-state index contributed by atoms with van der Waals surface area (Å²) in [6.45, 7) is 1.71. The maximum absolute atomic E-state index is 12.3. The molecule has 0 amide bonds. The molecule has 0 spiro atoms. The van der Waals surface area contributed by atoms with Crippen LogP contribution in [0.15, 0.2) is 18.2 Å². The van der Waals surface area contributed by atoms with Crippen LogP contribution in [0.1, 0.15) is 5.56 Å². The van der Waals surface area contributed by atoms with Crippen LogP contribution in [0.4, 0.5) is 4.39 Å². The summed E-state index contributed by atoms with van der Waals surface area (Å²) in [6, 6.07) is 7.47. The predicted octanol–water partition coefficient (Wildman–Crippen LogP) is 1.76. The molecule has 10 heavy (non-hydrogen) atoms. The van der Waals surface area contributed by atoms with Gasteiger partial charge >= 0.3 is 0 Å². The number of halogens is 1. The molecule has 0 aliphatic carbocycles. The van der Waals surface area contributed by atoms with Crippen LogP contribution in [-0.4, -0.2) is 5.48 Å². The fourth-order valence-electron chi connectivity index (χ4n) is 0.501. The van der Waals surface area contributed by atoms with Crippen molar-refractivity contribution in [3.63, 3.8) is 0 Å². The van der Waals surface area contributed by atoms with Crippen LogP contribution < -0.4 is 0 Å². The molecule has 0 radical (unpaired) electrons. The number of benzene rings is 1. The van der Waals surface area contributed by atoms with Gasteiger partial charge in [0.15, 0.2) is 0 Å². The zero-order valence-corrected chi connectivity index (χ0v) is 8.77. The monoisotopic (exact) mass is 268 g/mol. The molecule has 0 unspecified atom stereocenters. The Morgan fingerprint density at radius 1 is 1.50 bits per heavy atom. The molecule has 54 valence electrons. The van der Waals surface area contributed by atoms with E-state index in [4.69, 9.17) is 0 Å². The van der Waals surface area contributed by atoms with Crippen molar-refractivity contribution >= 4 is 0 Å². The first-order chi connectivity index (χ1) is 3.80. The predicted molar refractivity (Wildman–Crippen MR) is 31.9 cm³/mol. The molecule has 1 nitrogen and oxygen atoms in total. The largest absolute Gasteiger partial charge is 0.870 e. The molecule has 1 aromatic carbocycles. The average molecular weight is 270 g/mol. The third kappa shape index (κ3) is 3.59. The number of rotatable bonds is 0. The van der Waals surface area contributed by atoms with Crippen LogP contribution in [0, 0.1) is 59.6 Å². The van der Waals surface area contributed by atoms with Crippen molar-refractivity contribution in [3.05, 3.63) is 35.6 Å². The van der Waals surface area contributed by atoms with Crippen LogP contribution in [-0.2, 0) is 0 Å². The minimum absolute atomic E-state index is 0. The van der Waals surface area contributed by atoms with E-state index in [9.17, 15) is 4.39 Å². The van der Waals surface area contributed by atoms with E-state index in [1.165, 1.54) is 0 Å². The Bertz CT molecular complexity index is 170. The maximum atomic E-state index is 12.3. The minimum Gasteiger partial charge on any atom is -0.870 e. The summed E-state index contributed by atoms with van der Waals surface area (Å²) in [5, 5.41) is 0. The van der Waals surface area contributed by atoms with E-state index in [2.05, 4.69) is 6.07 Å². The summed E-state index contributed by atoms with van der Waals surface area (Å²) in [4.78, 5) is 0. The molecule has 0 saturated carbocycles. The van der Waals surface area contributed by atoms with Crippen molar-refractivity contribution < 1.29 is 50.7 Å². The van der Waals surface area contributed by atoms with Crippen molar-refractivity contribution in [2.45, 2.75) is 6.92 Å². The molecule has 3 heteroatoms. The quantitative estimate of drug-likeness (QED) is 0.661. The topological polar surface area (TPSA) is 30.0 Å². The molecule has 0 bridgehead atoms. The van der Waals surface area contributed by atoms with Crippen LogP contribution in [0.5, 0.6) is 0 Å². The molecule has 0 saturated heterocycles. The number of hydrogen-bond acceptors (Lipinski definition) is 1. The fraction of sp³-hybridized carbons (Fsp3) is 0.143. The number of hydrogen-bond donors (Lipinski definition) is 0. The second-order valence-corrected chi connectivity index (χ2v) is 1.67. The third-order valence-corrected chi connectivity index (χ3v) is 0.999. The van der Waals surface area contributed by atoms with E-state index in [1.807, 2.05) is 0 Å². The van der Waals surface area contributed by atoms with Gasteiger partial charge in [0.2, 0.25) is 0 Å². The van der Waals surface area contributed by atoms with Crippen LogP contribution in [0.25, 0.3) is 0 Å². The standard InChI is InChI=1S/C7H6F.Nd.H2O/c1-6-4-2-3-5-7(6)8;;/h2-4H,1H3;;1H2/q-1;;/p-1. The Kier molecular flexibility index (Phi) is 8.09. The Morgan fingerprint density at radius 2 is 2.10 bits per heavy atom. The molecule has 0 aromatic heterocycles. The van der Waals surface area contributed by atoms with Gasteiger partial charge < -0.3 is 5.48 Å². The molecule has 1 N–H and O–H groups in total. The summed E-state index contributed by atoms with van der Waals surface area (Å²) in [6.07, 6.45) is 0. The molecule has 0 aliphatic rings. The molecule has 0 heterocycles. The van der Waals surface area contributed by atoms with Crippen molar-refractivity contribution in [1.29, 1.82) is 0 Å². The first kappa shape index (κ1) is 13.1. The van der Waals surface area contributed by atoms with Crippen LogP contribution >= 0.6 is 0 Å². The average Bonchev–Trinajstić information content (AvgIpc) is 1.77. The van der Waals surface area contributed by atoms with E-state index in [0.717, 1.165) is 0 Å². The van der Waals surface area contributed by atoms with Gasteiger partial charge in [-0.05, 0) is 0 Å². The summed E-state index contributed by atoms with van der Waals surface area (Å²) < 4.78 is 12.3. The van der Waals surface area contributed by atoms with E-state index >= 15 is 0 Å². The zero-order chi connectivity index (χ0) is 5.98. The summed E-state index contributed by atoms with van der Waals surface area (Å²) >= 11 is 0. The van der Waals surface area contributed by atoms with Gasteiger partial charge in [-0.25, -0.2) is 4.39 Å². The Labute approximate surface area is 92.5 Å². The van der Waals surface area contributed by atoms with Gasteiger partial charge in [-0.2, -0.15) is 18.2 Å². The minimum atomic E-state index is -0.257. The van der Waals surface area contributed by atoms with Gasteiger partial charge in [0.05, 0.1) is 0 Å². The first-order valence-corrected chi connectivity index (χ1v) is 2.43. The normalized spacial score (nSPS) is 7.40. The molecular formula is C7H7FNdO-2. The molecule has 1 rings (SSSR count). The van der Waals surface area contributed by atoms with Gasteiger partial charge in [0, 0.05) is 46.7 Å². The van der Waals surface area contributed by atoms with Crippen molar-refractivity contribution in [2.75, 3.05) is 0 Å². The van der Waals surface area contributed by atoms with E-state index in [1.54, 1.807) is 25.1 Å². The molecular weight excluding hydrogens is 263 g/mol. The van der Waals surface area contributed by atoms with Crippen LogP contribution in [0.3, 0.4) is 0 Å². The number of aryl methyl sites for hydroxylation is 1. The summed E-state index contributed by atoms with van der Waals surface area (Å²) in [5.74, 6) is -0.257. The second-order valence-electron chi connectivity index (χ2n) is 1.67. The van der Waals surface area contributed by atoms with Gasteiger partial charge in [-0.3, -0.25) is 0 Å². The second kappa shape index (κ2) is 6.19. The van der Waals surface area contributed by atoms with Gasteiger partial charge in [-0.1, -0.05) is 6.92 Å². The first-order valence-electron chi connectivity index (χ1n) is 2.43. The smallest absolute Gasteiger partial charge is 0.0137 e. The van der Waals surface area contributed by atoms with Gasteiger partial charge in [0.25, 0.3) is 0 Å². The van der Waals surface area contributed by atoms with Crippen molar-refractivity contribution in [1.82, 2.24) is 0 Å². The fourth-order valence-corrected chi connectivity index (χ4v) is 0.501. The van der Waals surface area contributed by atoms with Crippen molar-refractivity contribution in [3.8, 4) is 0 Å². The molecule has 1 aromatic rings. The summed E-state index contributed by atoms with van der Waals surface area (Å²) in [5.41, 5.74) is 0.646. The zero-order valence-electron chi connectivity index (χ0n) is 5.56. The van der Waals surface area contributed by atoms with Gasteiger partial charge in [-0.15, -0.1) is 11.6 Å². The maximum Gasteiger partial charge on any atom is 0.0137 e. The Balaban J connectivity index is 0. The van der Waals surface area contributed by atoms with Crippen LogP contribution in [0.2, 0.25) is 0 Å². The molecule has 0 atom stereocenters. The van der Waals surface area contributed by atoms with Gasteiger partial charge in [0.1, 0.15) is 0 Å². The molecule has 0 aliphatic heterocycles. The Hall–Kier alpha value is 0.461. The van der Waals surface area contributed by atoms with E-state index in [-0.39, 0.29) is 52.1 Å². The summed E-state index contributed by atoms with van der Waals surface area (Å²) in [7, 11) is 0. The van der Waals surface area contributed by atoms with E-state index in [0.29, 0.717) is 5.56 Å². The third-order valence-electron chi connectivity index (χ3n) is 0.999. The molecule has 0 fully saturated rings. The Morgan fingerprint density at radius 3 is 2.40 bits per heavy atom. The van der Waals surface area contributed by atoms with E-state index < -0.39 is 0 Å². The SMILES string of the molecule is Cc1ccc[c-]c1F.[Nd].[OH-].